The lowest BCUT2D eigenvalue weighted by Crippen LogP contribution is -2.38. The monoisotopic (exact) mass is 302 g/mol. The number of piperidine rings is 1. The van der Waals surface area contributed by atoms with Gasteiger partial charge < -0.3 is 15.3 Å². The van der Waals surface area contributed by atoms with Crippen LogP contribution in [0.25, 0.3) is 0 Å². The van der Waals surface area contributed by atoms with E-state index in [4.69, 9.17) is 0 Å². The van der Waals surface area contributed by atoms with Crippen molar-refractivity contribution in [2.24, 2.45) is 0 Å². The van der Waals surface area contributed by atoms with Crippen LogP contribution >= 0.6 is 0 Å². The van der Waals surface area contributed by atoms with Crippen LogP contribution in [0.4, 0.5) is 5.69 Å². The third kappa shape index (κ3) is 2.77. The summed E-state index contributed by atoms with van der Waals surface area (Å²) in [7, 11) is 0. The lowest BCUT2D eigenvalue weighted by molar-refractivity contribution is -0.118. The van der Waals surface area contributed by atoms with Crippen LogP contribution in [0.5, 0.6) is 0 Å². The molecule has 2 aliphatic heterocycles. The van der Waals surface area contributed by atoms with Gasteiger partial charge in [0.2, 0.25) is 5.91 Å². The van der Waals surface area contributed by atoms with E-state index in [0.717, 1.165) is 30.6 Å². The highest BCUT2D eigenvalue weighted by Crippen LogP contribution is 2.35. The van der Waals surface area contributed by atoms with Crippen molar-refractivity contribution in [3.63, 3.8) is 0 Å². The number of anilines is 1. The van der Waals surface area contributed by atoms with Gasteiger partial charge in [-0.25, -0.2) is 0 Å². The van der Waals surface area contributed by atoms with Crippen LogP contribution in [-0.2, 0) is 11.2 Å². The maximum atomic E-state index is 12.1. The van der Waals surface area contributed by atoms with Crippen LogP contribution in [0.15, 0.2) is 18.2 Å². The van der Waals surface area contributed by atoms with Crippen molar-refractivity contribution >= 4 is 11.6 Å². The molecule has 0 saturated carbocycles. The van der Waals surface area contributed by atoms with Gasteiger partial charge in [-0.15, -0.1) is 0 Å². The molecule has 2 heterocycles. The van der Waals surface area contributed by atoms with E-state index in [9.17, 15) is 9.90 Å². The fourth-order valence-electron chi connectivity index (χ4n) is 3.77. The van der Waals surface area contributed by atoms with Gasteiger partial charge in [0.05, 0.1) is 6.10 Å². The van der Waals surface area contributed by atoms with Gasteiger partial charge in [-0.05, 0) is 49.9 Å². The first-order valence-electron chi connectivity index (χ1n) is 8.48. The molecule has 22 heavy (non-hydrogen) atoms. The lowest BCUT2D eigenvalue weighted by Gasteiger charge is -2.28. The predicted molar refractivity (Wildman–Crippen MR) is 88.0 cm³/mol. The molecular formula is C18H26N2O2. The Balaban J connectivity index is 1.83. The molecule has 0 radical (unpaired) electrons. The molecule has 0 aromatic heterocycles. The number of nitrogens with one attached hydrogen (secondary N) is 1. The molecule has 1 saturated heterocycles. The molecule has 1 aromatic rings. The third-order valence-corrected chi connectivity index (χ3v) is 4.96. The van der Waals surface area contributed by atoms with Crippen molar-refractivity contribution in [3.05, 3.63) is 29.3 Å². The second-order valence-electron chi connectivity index (χ2n) is 6.56. The zero-order valence-electron chi connectivity index (χ0n) is 13.5. The molecule has 3 rings (SSSR count). The van der Waals surface area contributed by atoms with Gasteiger partial charge in [-0.1, -0.05) is 25.5 Å². The minimum Gasteiger partial charge on any atom is -0.387 e. The summed E-state index contributed by atoms with van der Waals surface area (Å²) >= 11 is 0. The zero-order valence-corrected chi connectivity index (χ0v) is 13.5. The number of fused-ring (bicyclic) bond motifs is 1. The average Bonchev–Trinajstić information content (AvgIpc) is 2.89. The number of carbonyl (C=O) groups excluding carboxylic acids is 1. The maximum Gasteiger partial charge on any atom is 0.226 e. The van der Waals surface area contributed by atoms with Crippen LogP contribution in [-0.4, -0.2) is 29.6 Å². The van der Waals surface area contributed by atoms with E-state index in [1.807, 2.05) is 24.0 Å². The largest absolute Gasteiger partial charge is 0.387 e. The van der Waals surface area contributed by atoms with Gasteiger partial charge in [-0.3, -0.25) is 4.79 Å². The third-order valence-electron chi connectivity index (χ3n) is 4.96. The Morgan fingerprint density at radius 3 is 2.95 bits per heavy atom. The van der Waals surface area contributed by atoms with Crippen molar-refractivity contribution in [1.82, 2.24) is 5.32 Å². The first kappa shape index (κ1) is 15.5. The fourth-order valence-corrected chi connectivity index (χ4v) is 3.77. The standard InChI is InChI=1S/C18H26N2O2/c1-3-17(21)20-12(2)10-14-11-13(7-8-16(14)20)18(22)15-6-4-5-9-19-15/h7-8,11-12,15,18-19,22H,3-6,9-10H2,1-2H3. The summed E-state index contributed by atoms with van der Waals surface area (Å²) in [5, 5.41) is 14.0. The van der Waals surface area contributed by atoms with Crippen molar-refractivity contribution in [2.75, 3.05) is 11.4 Å². The first-order valence-corrected chi connectivity index (χ1v) is 8.48. The van der Waals surface area contributed by atoms with E-state index in [1.54, 1.807) is 0 Å². The molecule has 120 valence electrons. The molecule has 3 atom stereocenters. The minimum absolute atomic E-state index is 0.152. The summed E-state index contributed by atoms with van der Waals surface area (Å²) in [6.07, 6.45) is 4.33. The van der Waals surface area contributed by atoms with Crippen LogP contribution in [0, 0.1) is 0 Å². The van der Waals surface area contributed by atoms with E-state index >= 15 is 0 Å². The average molecular weight is 302 g/mol. The van der Waals surface area contributed by atoms with Gasteiger partial charge in [0.25, 0.3) is 0 Å². The van der Waals surface area contributed by atoms with E-state index in [-0.39, 0.29) is 18.0 Å². The van der Waals surface area contributed by atoms with Crippen LogP contribution in [0.3, 0.4) is 0 Å². The Morgan fingerprint density at radius 1 is 1.45 bits per heavy atom. The molecular weight excluding hydrogens is 276 g/mol. The second kappa shape index (κ2) is 6.39. The highest BCUT2D eigenvalue weighted by Gasteiger charge is 2.31. The van der Waals surface area contributed by atoms with Crippen molar-refractivity contribution in [1.29, 1.82) is 0 Å². The molecule has 1 aromatic carbocycles. The summed E-state index contributed by atoms with van der Waals surface area (Å²) in [6, 6.07) is 6.44. The smallest absolute Gasteiger partial charge is 0.226 e. The predicted octanol–water partition coefficient (Wildman–Crippen LogP) is 2.55. The molecule has 4 nitrogen and oxygen atoms in total. The summed E-state index contributed by atoms with van der Waals surface area (Å²) in [4.78, 5) is 14.0. The topological polar surface area (TPSA) is 52.6 Å². The zero-order chi connectivity index (χ0) is 15.7. The van der Waals surface area contributed by atoms with Crippen molar-refractivity contribution < 1.29 is 9.90 Å². The highest BCUT2D eigenvalue weighted by molar-refractivity contribution is 5.96. The minimum atomic E-state index is -0.461. The number of hydrogen-bond acceptors (Lipinski definition) is 3. The fraction of sp³-hybridized carbons (Fsp3) is 0.611. The number of aliphatic hydroxyl groups excluding tert-OH is 1. The number of nitrogens with zero attached hydrogens (tertiary/aromatic N) is 1. The van der Waals surface area contributed by atoms with Gasteiger partial charge in [0, 0.05) is 24.2 Å². The Labute approximate surface area is 132 Å². The molecule has 3 unspecified atom stereocenters. The molecule has 0 spiro atoms. The lowest BCUT2D eigenvalue weighted by atomic mass is 9.93. The van der Waals surface area contributed by atoms with Crippen molar-refractivity contribution in [3.8, 4) is 0 Å². The molecule has 2 aliphatic rings. The number of amides is 1. The van der Waals surface area contributed by atoms with Gasteiger partial charge in [0.15, 0.2) is 0 Å². The number of aliphatic hydroxyl groups is 1. The van der Waals surface area contributed by atoms with Gasteiger partial charge >= 0.3 is 0 Å². The number of hydrogen-bond donors (Lipinski definition) is 2. The number of benzene rings is 1. The number of carbonyl (C=O) groups is 1. The van der Waals surface area contributed by atoms with E-state index in [1.165, 1.54) is 18.4 Å². The molecule has 1 fully saturated rings. The number of rotatable bonds is 3. The molecule has 4 heteroatoms. The van der Waals surface area contributed by atoms with E-state index in [0.29, 0.717) is 6.42 Å². The maximum absolute atomic E-state index is 12.1. The molecule has 0 bridgehead atoms. The first-order chi connectivity index (χ1) is 10.6. The summed E-state index contributed by atoms with van der Waals surface area (Å²) in [6.45, 7) is 4.98. The van der Waals surface area contributed by atoms with Crippen molar-refractivity contribution in [2.45, 2.75) is 64.1 Å². The quantitative estimate of drug-likeness (QED) is 0.902. The highest BCUT2D eigenvalue weighted by atomic mass is 16.3. The van der Waals surface area contributed by atoms with Gasteiger partial charge in [0.1, 0.15) is 0 Å². The summed E-state index contributed by atoms with van der Waals surface area (Å²) in [5.74, 6) is 0.175. The Kier molecular flexibility index (Phi) is 4.50. The molecule has 0 aliphatic carbocycles. The second-order valence-corrected chi connectivity index (χ2v) is 6.56. The Morgan fingerprint density at radius 2 is 2.27 bits per heavy atom. The SMILES string of the molecule is CCC(=O)N1c2ccc(C(O)C3CCCCN3)cc2CC1C. The van der Waals surface area contributed by atoms with Crippen LogP contribution in [0.2, 0.25) is 0 Å². The molecule has 2 N–H and O–H groups in total. The Bertz CT molecular complexity index is 552. The summed E-state index contributed by atoms with van der Waals surface area (Å²) < 4.78 is 0. The Hall–Kier alpha value is -1.39. The van der Waals surface area contributed by atoms with E-state index in [2.05, 4.69) is 18.3 Å². The van der Waals surface area contributed by atoms with E-state index < -0.39 is 6.10 Å². The summed E-state index contributed by atoms with van der Waals surface area (Å²) in [5.41, 5.74) is 3.17. The van der Waals surface area contributed by atoms with Gasteiger partial charge in [-0.2, -0.15) is 0 Å². The molecule has 1 amide bonds. The normalized spacial score (nSPS) is 25.9. The van der Waals surface area contributed by atoms with Crippen LogP contribution in [0.1, 0.15) is 56.8 Å². The van der Waals surface area contributed by atoms with Crippen LogP contribution < -0.4 is 10.2 Å².